The Morgan fingerprint density at radius 1 is 1.18 bits per heavy atom. The normalized spacial score (nSPS) is 14.6. The minimum Gasteiger partial charge on any atom is -0.353 e. The van der Waals surface area contributed by atoms with Gasteiger partial charge in [0.15, 0.2) is 0 Å². The van der Waals surface area contributed by atoms with Gasteiger partial charge in [-0.1, -0.05) is 12.1 Å². The fourth-order valence-electron chi connectivity index (χ4n) is 2.23. The van der Waals surface area contributed by atoms with Gasteiger partial charge in [0.25, 0.3) is 11.8 Å². The van der Waals surface area contributed by atoms with Crippen LogP contribution in [0.15, 0.2) is 24.3 Å². The van der Waals surface area contributed by atoms with Crippen LogP contribution in [0, 0.1) is 0 Å². The van der Waals surface area contributed by atoms with Crippen molar-refractivity contribution >= 4 is 30.1 Å². The summed E-state index contributed by atoms with van der Waals surface area (Å²) in [6.07, 6.45) is 0. The largest absolute Gasteiger partial charge is 0.353 e. The zero-order valence-corrected chi connectivity index (χ0v) is 13.6. The van der Waals surface area contributed by atoms with Gasteiger partial charge in [-0.2, -0.15) is 0 Å². The summed E-state index contributed by atoms with van der Waals surface area (Å²) in [6, 6.07) is 5.79. The van der Waals surface area contributed by atoms with Crippen molar-refractivity contribution in [1.29, 1.82) is 0 Å². The fraction of sp³-hybridized carbons (Fsp3) is 0.400. The average molecular weight is 326 g/mol. The van der Waals surface area contributed by atoms with Gasteiger partial charge in [0.1, 0.15) is 6.04 Å². The fourth-order valence-corrected chi connectivity index (χ4v) is 2.23. The SMILES string of the molecule is CC(C(=O)NCCN(C)C)N1C(=O)c2ccccc2C1=O.Cl. The van der Waals surface area contributed by atoms with E-state index in [1.165, 1.54) is 0 Å². The summed E-state index contributed by atoms with van der Waals surface area (Å²) >= 11 is 0. The number of hydrogen-bond acceptors (Lipinski definition) is 4. The van der Waals surface area contributed by atoms with Crippen LogP contribution >= 0.6 is 12.4 Å². The zero-order chi connectivity index (χ0) is 15.6. The van der Waals surface area contributed by atoms with Gasteiger partial charge in [-0.15, -0.1) is 12.4 Å². The van der Waals surface area contributed by atoms with E-state index in [1.807, 2.05) is 19.0 Å². The Morgan fingerprint density at radius 3 is 2.14 bits per heavy atom. The number of carbonyl (C=O) groups excluding carboxylic acids is 3. The van der Waals surface area contributed by atoms with Crippen LogP contribution in [0.3, 0.4) is 0 Å². The second-order valence-corrected chi connectivity index (χ2v) is 5.30. The van der Waals surface area contributed by atoms with Crippen molar-refractivity contribution < 1.29 is 14.4 Å². The van der Waals surface area contributed by atoms with E-state index in [9.17, 15) is 14.4 Å². The number of carbonyl (C=O) groups is 3. The summed E-state index contributed by atoms with van der Waals surface area (Å²) in [4.78, 5) is 39.5. The number of amides is 3. The third kappa shape index (κ3) is 3.45. The molecular formula is C15H20ClN3O3. The molecule has 3 amide bonds. The number of imide groups is 1. The zero-order valence-electron chi connectivity index (χ0n) is 12.8. The summed E-state index contributed by atoms with van der Waals surface area (Å²) in [5.74, 6) is -1.15. The summed E-state index contributed by atoms with van der Waals surface area (Å²) < 4.78 is 0. The van der Waals surface area contributed by atoms with Gasteiger partial charge >= 0.3 is 0 Å². The Bertz CT molecular complexity index is 554. The molecule has 7 heteroatoms. The third-order valence-corrected chi connectivity index (χ3v) is 3.45. The number of benzene rings is 1. The minimum atomic E-state index is -0.820. The average Bonchev–Trinajstić information content (AvgIpc) is 2.70. The Hall–Kier alpha value is -1.92. The van der Waals surface area contributed by atoms with Crippen LogP contribution in [0.2, 0.25) is 0 Å². The van der Waals surface area contributed by atoms with Crippen LogP contribution in [0.4, 0.5) is 0 Å². The molecule has 1 unspecified atom stereocenters. The molecule has 0 fully saturated rings. The van der Waals surface area contributed by atoms with Gasteiger partial charge in [-0.25, -0.2) is 0 Å². The van der Waals surface area contributed by atoms with Crippen molar-refractivity contribution in [3.63, 3.8) is 0 Å². The molecule has 1 N–H and O–H groups in total. The quantitative estimate of drug-likeness (QED) is 0.812. The Kier molecular flexibility index (Phi) is 6.08. The van der Waals surface area contributed by atoms with Gasteiger partial charge in [0.2, 0.25) is 5.91 Å². The van der Waals surface area contributed by atoms with E-state index < -0.39 is 17.9 Å². The van der Waals surface area contributed by atoms with Crippen molar-refractivity contribution in [2.45, 2.75) is 13.0 Å². The van der Waals surface area contributed by atoms with E-state index in [4.69, 9.17) is 0 Å². The lowest BCUT2D eigenvalue weighted by atomic mass is 10.1. The van der Waals surface area contributed by atoms with E-state index in [-0.39, 0.29) is 18.3 Å². The first-order chi connectivity index (χ1) is 9.93. The molecule has 0 aromatic heterocycles. The summed E-state index contributed by atoms with van der Waals surface area (Å²) in [7, 11) is 3.81. The van der Waals surface area contributed by atoms with Crippen molar-refractivity contribution in [3.8, 4) is 0 Å². The number of fused-ring (bicyclic) bond motifs is 1. The van der Waals surface area contributed by atoms with Crippen LogP contribution in [0.25, 0.3) is 0 Å². The van der Waals surface area contributed by atoms with Crippen LogP contribution in [-0.4, -0.2) is 60.7 Å². The highest BCUT2D eigenvalue weighted by Crippen LogP contribution is 2.24. The Morgan fingerprint density at radius 2 is 1.68 bits per heavy atom. The highest BCUT2D eigenvalue weighted by atomic mass is 35.5. The standard InChI is InChI=1S/C15H19N3O3.ClH/c1-10(13(19)16-8-9-17(2)3)18-14(20)11-6-4-5-7-12(11)15(18)21;/h4-7,10H,8-9H2,1-3H3,(H,16,19);1H. The minimum absolute atomic E-state index is 0. The highest BCUT2D eigenvalue weighted by Gasteiger charge is 2.40. The molecule has 1 aliphatic rings. The molecule has 0 spiro atoms. The molecule has 2 rings (SSSR count). The molecule has 6 nitrogen and oxygen atoms in total. The molecule has 1 aromatic rings. The van der Waals surface area contributed by atoms with E-state index in [0.717, 1.165) is 4.90 Å². The third-order valence-electron chi connectivity index (χ3n) is 3.45. The molecular weight excluding hydrogens is 306 g/mol. The second kappa shape index (κ2) is 7.38. The van der Waals surface area contributed by atoms with Crippen LogP contribution < -0.4 is 5.32 Å². The summed E-state index contributed by atoms with van der Waals surface area (Å²) in [6.45, 7) is 2.73. The maximum absolute atomic E-state index is 12.3. The van der Waals surface area contributed by atoms with E-state index in [2.05, 4.69) is 5.32 Å². The Balaban J connectivity index is 0.00000242. The first-order valence-corrected chi connectivity index (χ1v) is 6.83. The van der Waals surface area contributed by atoms with Gasteiger partial charge in [0, 0.05) is 13.1 Å². The van der Waals surface area contributed by atoms with Crippen LogP contribution in [0.1, 0.15) is 27.6 Å². The Labute approximate surface area is 135 Å². The van der Waals surface area contributed by atoms with Crippen LogP contribution in [0.5, 0.6) is 0 Å². The van der Waals surface area contributed by atoms with Crippen molar-refractivity contribution in [2.24, 2.45) is 0 Å². The maximum atomic E-state index is 12.3. The van der Waals surface area contributed by atoms with E-state index in [1.54, 1.807) is 31.2 Å². The lowest BCUT2D eigenvalue weighted by Crippen LogP contribution is -2.48. The molecule has 1 heterocycles. The molecule has 1 atom stereocenters. The van der Waals surface area contributed by atoms with E-state index >= 15 is 0 Å². The van der Waals surface area contributed by atoms with Crippen LogP contribution in [-0.2, 0) is 4.79 Å². The van der Waals surface area contributed by atoms with Gasteiger partial charge < -0.3 is 10.2 Å². The van der Waals surface area contributed by atoms with E-state index in [0.29, 0.717) is 24.2 Å². The number of nitrogens with zero attached hydrogens (tertiary/aromatic N) is 2. The topological polar surface area (TPSA) is 69.7 Å². The van der Waals surface area contributed by atoms with Crippen molar-refractivity contribution in [3.05, 3.63) is 35.4 Å². The maximum Gasteiger partial charge on any atom is 0.262 e. The molecule has 0 saturated carbocycles. The smallest absolute Gasteiger partial charge is 0.262 e. The molecule has 120 valence electrons. The summed E-state index contributed by atoms with van der Waals surface area (Å²) in [5, 5.41) is 2.73. The lowest BCUT2D eigenvalue weighted by molar-refractivity contribution is -0.124. The lowest BCUT2D eigenvalue weighted by Gasteiger charge is -2.22. The number of nitrogens with one attached hydrogen (secondary N) is 1. The number of halogens is 1. The predicted octanol–water partition coefficient (Wildman–Crippen LogP) is 0.771. The molecule has 1 aliphatic heterocycles. The first-order valence-electron chi connectivity index (χ1n) is 6.83. The second-order valence-electron chi connectivity index (χ2n) is 5.30. The number of hydrogen-bond donors (Lipinski definition) is 1. The first kappa shape index (κ1) is 18.1. The monoisotopic (exact) mass is 325 g/mol. The molecule has 0 bridgehead atoms. The van der Waals surface area contributed by atoms with Crippen molar-refractivity contribution in [2.75, 3.05) is 27.2 Å². The summed E-state index contributed by atoms with van der Waals surface area (Å²) in [5.41, 5.74) is 0.714. The molecule has 1 aromatic carbocycles. The van der Waals surface area contributed by atoms with Gasteiger partial charge in [-0.05, 0) is 33.2 Å². The molecule has 22 heavy (non-hydrogen) atoms. The predicted molar refractivity (Wildman–Crippen MR) is 85.2 cm³/mol. The van der Waals surface area contributed by atoms with Gasteiger partial charge in [-0.3, -0.25) is 19.3 Å². The van der Waals surface area contributed by atoms with Gasteiger partial charge in [0.05, 0.1) is 11.1 Å². The number of likely N-dealkylation sites (N-methyl/N-ethyl adjacent to an activating group) is 1. The highest BCUT2D eigenvalue weighted by molar-refractivity contribution is 6.22. The molecule has 0 radical (unpaired) electrons. The molecule has 0 aliphatic carbocycles. The molecule has 0 saturated heterocycles. The van der Waals surface area contributed by atoms with Crippen molar-refractivity contribution in [1.82, 2.24) is 15.1 Å². The number of rotatable bonds is 5.